The van der Waals surface area contributed by atoms with E-state index in [2.05, 4.69) is 15.1 Å². The zero-order chi connectivity index (χ0) is 27.4. The molecule has 0 radical (unpaired) electrons. The number of halogens is 3. The standard InChI is InChI=1S/C26H29F3N4O4S/c1-36-18-12-16(13-19(15-18)37-2)24-20-6-4-7-21(20)25(34)33(32-24)23-14-17(8-9-22(23)26(27,28)29)30-10-5-11-31-38(3)35/h8-9,12-15,30-31H,4-7,10-11H2,1-3H3. The molecule has 12 heteroatoms. The first-order valence-electron chi connectivity index (χ1n) is 12.0. The van der Waals surface area contributed by atoms with Crippen LogP contribution in [0.15, 0.2) is 41.2 Å². The number of methoxy groups -OCH3 is 2. The summed E-state index contributed by atoms with van der Waals surface area (Å²) in [5.74, 6) is 0.989. The monoisotopic (exact) mass is 550 g/mol. The molecule has 0 amide bonds. The Hall–Kier alpha value is -3.38. The molecule has 38 heavy (non-hydrogen) atoms. The van der Waals surface area contributed by atoms with Crippen molar-refractivity contribution in [3.8, 4) is 28.4 Å². The van der Waals surface area contributed by atoms with Crippen LogP contribution in [-0.2, 0) is 30.0 Å². The van der Waals surface area contributed by atoms with Gasteiger partial charge in [-0.3, -0.25) is 4.79 Å². The van der Waals surface area contributed by atoms with Crippen LogP contribution in [0.5, 0.6) is 11.5 Å². The average Bonchev–Trinajstić information content (AvgIpc) is 3.38. The van der Waals surface area contributed by atoms with Crippen LogP contribution in [0.4, 0.5) is 18.9 Å². The summed E-state index contributed by atoms with van der Waals surface area (Å²) in [5.41, 5.74) is 0.708. The maximum Gasteiger partial charge on any atom is 0.418 e. The summed E-state index contributed by atoms with van der Waals surface area (Å²) in [6.07, 6.45) is -0.841. The van der Waals surface area contributed by atoms with Gasteiger partial charge >= 0.3 is 6.18 Å². The summed E-state index contributed by atoms with van der Waals surface area (Å²) >= 11 is 0. The molecular formula is C26H29F3N4O4S. The van der Waals surface area contributed by atoms with E-state index in [0.717, 1.165) is 16.3 Å². The molecule has 2 aromatic carbocycles. The number of alkyl halides is 3. The first-order valence-corrected chi connectivity index (χ1v) is 13.6. The minimum Gasteiger partial charge on any atom is -0.497 e. The van der Waals surface area contributed by atoms with Crippen LogP contribution in [0.1, 0.15) is 29.5 Å². The normalized spacial score (nSPS) is 13.7. The number of hydrogen-bond donors (Lipinski definition) is 2. The third-order valence-electron chi connectivity index (χ3n) is 6.30. The van der Waals surface area contributed by atoms with E-state index in [1.54, 1.807) is 18.2 Å². The second kappa shape index (κ2) is 11.6. The van der Waals surface area contributed by atoms with Gasteiger partial charge in [0, 0.05) is 42.2 Å². The molecule has 3 aromatic rings. The van der Waals surface area contributed by atoms with Gasteiger partial charge in [-0.1, -0.05) is 0 Å². The topological polar surface area (TPSA) is 94.5 Å². The predicted molar refractivity (Wildman–Crippen MR) is 141 cm³/mol. The average molecular weight is 551 g/mol. The summed E-state index contributed by atoms with van der Waals surface area (Å²) in [5, 5.41) is 7.57. The molecular weight excluding hydrogens is 521 g/mol. The van der Waals surface area contributed by atoms with E-state index in [-0.39, 0.29) is 5.69 Å². The summed E-state index contributed by atoms with van der Waals surface area (Å²) in [6, 6.07) is 8.69. The van der Waals surface area contributed by atoms with Gasteiger partial charge in [0.15, 0.2) is 0 Å². The lowest BCUT2D eigenvalue weighted by atomic mass is 10.0. The van der Waals surface area contributed by atoms with Crippen LogP contribution < -0.4 is 25.1 Å². The number of fused-ring (bicyclic) bond motifs is 1. The van der Waals surface area contributed by atoms with Gasteiger partial charge in [-0.15, -0.1) is 0 Å². The lowest BCUT2D eigenvalue weighted by Crippen LogP contribution is -2.28. The third kappa shape index (κ3) is 6.02. The Kier molecular flexibility index (Phi) is 8.41. The minimum atomic E-state index is -4.71. The predicted octanol–water partition coefficient (Wildman–Crippen LogP) is 4.11. The number of hydrogen-bond acceptors (Lipinski definition) is 6. The molecule has 1 heterocycles. The van der Waals surface area contributed by atoms with Gasteiger partial charge in [0.1, 0.15) is 11.5 Å². The molecule has 1 atom stereocenters. The van der Waals surface area contributed by atoms with E-state index < -0.39 is 28.3 Å². The zero-order valence-corrected chi connectivity index (χ0v) is 22.1. The molecule has 0 spiro atoms. The molecule has 0 fully saturated rings. The van der Waals surface area contributed by atoms with Crippen molar-refractivity contribution in [2.24, 2.45) is 0 Å². The SMILES string of the molecule is COc1cc(OC)cc(-c2nn(-c3cc(NCCCNS(C)=O)ccc3C(F)(F)F)c(=O)c3c2CCC3)c1. The van der Waals surface area contributed by atoms with Gasteiger partial charge < -0.3 is 14.8 Å². The molecule has 1 aliphatic carbocycles. The van der Waals surface area contributed by atoms with Crippen molar-refractivity contribution < 1.29 is 26.9 Å². The van der Waals surface area contributed by atoms with Crippen LogP contribution in [0.25, 0.3) is 16.9 Å². The number of benzene rings is 2. The van der Waals surface area contributed by atoms with Crippen molar-refractivity contribution in [2.75, 3.05) is 38.9 Å². The van der Waals surface area contributed by atoms with Gasteiger partial charge in [0.25, 0.3) is 5.56 Å². The van der Waals surface area contributed by atoms with Crippen molar-refractivity contribution in [3.05, 3.63) is 63.4 Å². The molecule has 8 nitrogen and oxygen atoms in total. The van der Waals surface area contributed by atoms with E-state index in [9.17, 15) is 22.2 Å². The van der Waals surface area contributed by atoms with Crippen LogP contribution in [0, 0.1) is 0 Å². The van der Waals surface area contributed by atoms with Crippen molar-refractivity contribution in [1.29, 1.82) is 0 Å². The lowest BCUT2D eigenvalue weighted by molar-refractivity contribution is -0.137. The molecule has 0 aliphatic heterocycles. The van der Waals surface area contributed by atoms with Crippen LogP contribution in [0.3, 0.4) is 0 Å². The quantitative estimate of drug-likeness (QED) is 0.369. The Labute approximate surface area is 220 Å². The Balaban J connectivity index is 1.83. The molecule has 1 aliphatic rings. The second-order valence-electron chi connectivity index (χ2n) is 8.84. The van der Waals surface area contributed by atoms with Gasteiger partial charge in [0.2, 0.25) is 0 Å². The van der Waals surface area contributed by atoms with Gasteiger partial charge in [0.05, 0.1) is 42.1 Å². The highest BCUT2D eigenvalue weighted by atomic mass is 32.2. The fraction of sp³-hybridized carbons (Fsp3) is 0.385. The maximum atomic E-state index is 14.1. The van der Waals surface area contributed by atoms with Crippen molar-refractivity contribution in [3.63, 3.8) is 0 Å². The van der Waals surface area contributed by atoms with Crippen molar-refractivity contribution in [2.45, 2.75) is 31.9 Å². The Bertz CT molecular complexity index is 1390. The molecule has 1 aromatic heterocycles. The zero-order valence-electron chi connectivity index (χ0n) is 21.3. The lowest BCUT2D eigenvalue weighted by Gasteiger charge is -2.18. The van der Waals surface area contributed by atoms with Gasteiger partial charge in [-0.05, 0) is 61.6 Å². The van der Waals surface area contributed by atoms with E-state index in [1.165, 1.54) is 32.6 Å². The van der Waals surface area contributed by atoms with E-state index in [0.29, 0.717) is 72.8 Å². The highest BCUT2D eigenvalue weighted by molar-refractivity contribution is 7.82. The summed E-state index contributed by atoms with van der Waals surface area (Å²) in [7, 11) is 1.86. The van der Waals surface area contributed by atoms with Crippen LogP contribution >= 0.6 is 0 Å². The first-order chi connectivity index (χ1) is 18.1. The first kappa shape index (κ1) is 27.6. The Morgan fingerprint density at radius 1 is 1.03 bits per heavy atom. The summed E-state index contributed by atoms with van der Waals surface area (Å²) < 4.78 is 67.8. The number of rotatable bonds is 10. The summed E-state index contributed by atoms with van der Waals surface area (Å²) in [4.78, 5) is 13.5. The third-order valence-corrected chi connectivity index (χ3v) is 6.91. The van der Waals surface area contributed by atoms with Crippen LogP contribution in [-0.4, -0.2) is 47.6 Å². The second-order valence-corrected chi connectivity index (χ2v) is 10.0. The van der Waals surface area contributed by atoms with Crippen LogP contribution in [0.2, 0.25) is 0 Å². The van der Waals surface area contributed by atoms with Gasteiger partial charge in [-0.25, -0.2) is 8.93 Å². The van der Waals surface area contributed by atoms with Crippen molar-refractivity contribution in [1.82, 2.24) is 14.5 Å². The van der Waals surface area contributed by atoms with Gasteiger partial charge in [-0.2, -0.15) is 23.0 Å². The highest BCUT2D eigenvalue weighted by Crippen LogP contribution is 2.37. The molecule has 2 N–H and O–H groups in total. The highest BCUT2D eigenvalue weighted by Gasteiger charge is 2.35. The minimum absolute atomic E-state index is 0.355. The molecule has 204 valence electrons. The summed E-state index contributed by atoms with van der Waals surface area (Å²) in [6.45, 7) is 0.902. The van der Waals surface area contributed by atoms with Crippen molar-refractivity contribution >= 4 is 16.7 Å². The Morgan fingerprint density at radius 2 is 1.71 bits per heavy atom. The molecule has 0 bridgehead atoms. The number of nitrogens with one attached hydrogen (secondary N) is 2. The molecule has 1 unspecified atom stereocenters. The fourth-order valence-corrected chi connectivity index (χ4v) is 4.94. The van der Waals surface area contributed by atoms with E-state index in [1.807, 2.05) is 0 Å². The molecule has 4 rings (SSSR count). The number of nitrogens with zero attached hydrogens (tertiary/aromatic N) is 2. The smallest absolute Gasteiger partial charge is 0.418 e. The number of aromatic nitrogens is 2. The van der Waals surface area contributed by atoms with E-state index >= 15 is 0 Å². The largest absolute Gasteiger partial charge is 0.497 e. The van der Waals surface area contributed by atoms with E-state index in [4.69, 9.17) is 9.47 Å². The Morgan fingerprint density at radius 3 is 2.34 bits per heavy atom. The number of ether oxygens (including phenoxy) is 2. The number of anilines is 1. The molecule has 0 saturated heterocycles. The molecule has 0 saturated carbocycles. The fourth-order valence-electron chi connectivity index (χ4n) is 4.51. The maximum absolute atomic E-state index is 14.1.